The second-order valence-corrected chi connectivity index (χ2v) is 17.0. The first kappa shape index (κ1) is 31.8. The molecule has 1 heteroatoms. The molecule has 11 aromatic rings. The van der Waals surface area contributed by atoms with E-state index in [-0.39, 0.29) is 5.41 Å². The summed E-state index contributed by atoms with van der Waals surface area (Å²) in [6.07, 6.45) is 0. The van der Waals surface area contributed by atoms with E-state index in [1.165, 1.54) is 119 Å². The Morgan fingerprint density at radius 3 is 1.55 bits per heavy atom. The van der Waals surface area contributed by atoms with Crippen LogP contribution in [0.1, 0.15) is 25.0 Å². The van der Waals surface area contributed by atoms with E-state index >= 15 is 0 Å². The van der Waals surface area contributed by atoms with Gasteiger partial charge in [0.2, 0.25) is 0 Å². The normalized spacial score (nSPS) is 13.3. The zero-order valence-electron chi connectivity index (χ0n) is 31.2. The van der Waals surface area contributed by atoms with E-state index in [9.17, 15) is 0 Å². The van der Waals surface area contributed by atoms with Gasteiger partial charge < -0.3 is 0 Å². The minimum Gasteiger partial charge on any atom is -0.134 e. The Morgan fingerprint density at radius 2 is 0.875 bits per heavy atom. The lowest BCUT2D eigenvalue weighted by Gasteiger charge is -2.25. The number of hydrogen-bond acceptors (Lipinski definition) is 1. The third-order valence-electron chi connectivity index (χ3n) is 12.6. The molecule has 1 heterocycles. The molecule has 262 valence electrons. The third-order valence-corrected chi connectivity index (χ3v) is 13.9. The lowest BCUT2D eigenvalue weighted by Crippen LogP contribution is -2.16. The van der Waals surface area contributed by atoms with Crippen molar-refractivity contribution < 1.29 is 0 Å². The van der Waals surface area contributed by atoms with Gasteiger partial charge >= 0.3 is 0 Å². The first-order chi connectivity index (χ1) is 27.5. The fraction of sp³-hybridized carbons (Fsp3) is 0.0545. The molecule has 0 saturated carbocycles. The summed E-state index contributed by atoms with van der Waals surface area (Å²) < 4.78 is 2.75. The summed E-state index contributed by atoms with van der Waals surface area (Å²) in [6.45, 7) is 4.83. The molecule has 1 aliphatic rings. The van der Waals surface area contributed by atoms with Crippen LogP contribution in [-0.4, -0.2) is 0 Å². The third kappa shape index (κ3) is 4.41. The number of benzene rings is 10. The van der Waals surface area contributed by atoms with Gasteiger partial charge in [-0.3, -0.25) is 0 Å². The van der Waals surface area contributed by atoms with Crippen LogP contribution in [0.4, 0.5) is 0 Å². The Bertz CT molecular complexity index is 3380. The van der Waals surface area contributed by atoms with Crippen molar-refractivity contribution >= 4 is 74.6 Å². The highest BCUT2D eigenvalue weighted by molar-refractivity contribution is 7.27. The van der Waals surface area contributed by atoms with Gasteiger partial charge in [0, 0.05) is 31.2 Å². The topological polar surface area (TPSA) is 0 Å². The minimum atomic E-state index is -0.138. The molecule has 10 aromatic carbocycles. The minimum absolute atomic E-state index is 0.138. The maximum atomic E-state index is 2.50. The van der Waals surface area contributed by atoms with Crippen molar-refractivity contribution in [1.82, 2.24) is 0 Å². The molecule has 0 saturated heterocycles. The Morgan fingerprint density at radius 1 is 0.339 bits per heavy atom. The van der Waals surface area contributed by atoms with E-state index in [1.54, 1.807) is 0 Å². The Balaban J connectivity index is 1.10. The molecule has 0 aliphatic heterocycles. The van der Waals surface area contributed by atoms with Crippen LogP contribution in [-0.2, 0) is 5.41 Å². The predicted octanol–water partition coefficient (Wildman–Crippen LogP) is 16.0. The van der Waals surface area contributed by atoms with Crippen LogP contribution < -0.4 is 0 Å². The summed E-state index contributed by atoms with van der Waals surface area (Å²) in [7, 11) is 0. The van der Waals surface area contributed by atoms with Gasteiger partial charge in [-0.2, -0.15) is 0 Å². The lowest BCUT2D eigenvalue weighted by atomic mass is 9.78. The van der Waals surface area contributed by atoms with Gasteiger partial charge in [0.15, 0.2) is 0 Å². The highest BCUT2D eigenvalue weighted by Gasteiger charge is 2.39. The van der Waals surface area contributed by atoms with Crippen LogP contribution in [0.2, 0.25) is 0 Å². The van der Waals surface area contributed by atoms with Crippen molar-refractivity contribution in [3.63, 3.8) is 0 Å². The van der Waals surface area contributed by atoms with Crippen molar-refractivity contribution in [2.24, 2.45) is 0 Å². The molecule has 56 heavy (non-hydrogen) atoms. The average Bonchev–Trinajstić information content (AvgIpc) is 3.74. The molecule has 0 spiro atoms. The van der Waals surface area contributed by atoms with Crippen LogP contribution in [0.15, 0.2) is 182 Å². The molecular formula is C55H36S. The standard InChI is InChI=1S/C55H36S/c1-55(2)48-23-13-12-18-40(48)46-32-47-45-29-28-33-14-6-7-17-39(33)53(45)56-54(47)51(52(46)55)38-27-25-35-30-37(26-24-36(35)31-38)50-43-21-10-8-19-41(43)49(34-15-4-3-5-16-34)42-20-9-11-22-44(42)50/h3-32H,1-2H3. The Kier molecular flexibility index (Phi) is 6.66. The van der Waals surface area contributed by atoms with Crippen LogP contribution in [0, 0.1) is 0 Å². The quantitative estimate of drug-likeness (QED) is 0.159. The fourth-order valence-electron chi connectivity index (χ4n) is 10.1. The Hall–Kier alpha value is -6.54. The van der Waals surface area contributed by atoms with Crippen molar-refractivity contribution in [1.29, 1.82) is 0 Å². The van der Waals surface area contributed by atoms with Gasteiger partial charge in [0.1, 0.15) is 0 Å². The predicted molar refractivity (Wildman–Crippen MR) is 243 cm³/mol. The first-order valence-corrected chi connectivity index (χ1v) is 20.4. The lowest BCUT2D eigenvalue weighted by molar-refractivity contribution is 0.663. The summed E-state index contributed by atoms with van der Waals surface area (Å²) in [4.78, 5) is 0. The highest BCUT2D eigenvalue weighted by atomic mass is 32.1. The molecule has 0 amide bonds. The van der Waals surface area contributed by atoms with Crippen molar-refractivity contribution in [3.05, 3.63) is 193 Å². The maximum absolute atomic E-state index is 2.50. The van der Waals surface area contributed by atoms with E-state index in [0.717, 1.165) is 0 Å². The second-order valence-electron chi connectivity index (χ2n) is 16.0. The average molecular weight is 729 g/mol. The molecule has 0 atom stereocenters. The molecule has 0 fully saturated rings. The first-order valence-electron chi connectivity index (χ1n) is 19.6. The molecule has 1 aromatic heterocycles. The van der Waals surface area contributed by atoms with Crippen LogP contribution in [0.25, 0.3) is 108 Å². The smallest absolute Gasteiger partial charge is 0.0437 e. The van der Waals surface area contributed by atoms with Gasteiger partial charge in [-0.25, -0.2) is 0 Å². The molecule has 12 rings (SSSR count). The zero-order valence-corrected chi connectivity index (χ0v) is 32.0. The Labute approximate surface area is 329 Å². The van der Waals surface area contributed by atoms with Crippen LogP contribution in [0.5, 0.6) is 0 Å². The summed E-state index contributed by atoms with van der Waals surface area (Å²) >= 11 is 1.96. The van der Waals surface area contributed by atoms with Crippen molar-refractivity contribution in [2.75, 3.05) is 0 Å². The fourth-order valence-corrected chi connectivity index (χ4v) is 11.5. The van der Waals surface area contributed by atoms with Gasteiger partial charge in [-0.1, -0.05) is 178 Å². The molecular weight excluding hydrogens is 693 g/mol. The summed E-state index contributed by atoms with van der Waals surface area (Å²) in [5, 5.41) is 13.0. The number of fused-ring (bicyclic) bond motifs is 11. The summed E-state index contributed by atoms with van der Waals surface area (Å²) in [6, 6.07) is 68.1. The van der Waals surface area contributed by atoms with E-state index in [0.29, 0.717) is 0 Å². The van der Waals surface area contributed by atoms with Gasteiger partial charge in [-0.15, -0.1) is 11.3 Å². The largest absolute Gasteiger partial charge is 0.134 e. The van der Waals surface area contributed by atoms with Gasteiger partial charge in [0.05, 0.1) is 0 Å². The van der Waals surface area contributed by atoms with E-state index in [1.807, 2.05) is 11.3 Å². The van der Waals surface area contributed by atoms with Crippen LogP contribution in [0.3, 0.4) is 0 Å². The molecule has 0 radical (unpaired) electrons. The van der Waals surface area contributed by atoms with E-state index in [4.69, 9.17) is 0 Å². The number of hydrogen-bond donors (Lipinski definition) is 0. The molecule has 0 nitrogen and oxygen atoms in total. The highest BCUT2D eigenvalue weighted by Crippen LogP contribution is 2.57. The summed E-state index contributed by atoms with van der Waals surface area (Å²) in [5.74, 6) is 0. The van der Waals surface area contributed by atoms with Gasteiger partial charge in [0.25, 0.3) is 0 Å². The van der Waals surface area contributed by atoms with E-state index < -0.39 is 0 Å². The maximum Gasteiger partial charge on any atom is 0.0437 e. The SMILES string of the molecule is CC1(C)c2ccccc2-c2cc3c(sc4c5ccccc5ccc34)c(-c3ccc4cc(-c5c6ccccc6c(-c6ccccc6)c6ccccc56)ccc4c3)c21. The molecule has 0 N–H and O–H groups in total. The molecule has 1 aliphatic carbocycles. The molecule has 0 unspecified atom stereocenters. The molecule has 0 bridgehead atoms. The monoisotopic (exact) mass is 728 g/mol. The van der Waals surface area contributed by atoms with Gasteiger partial charge in [-0.05, 0) is 111 Å². The van der Waals surface area contributed by atoms with E-state index in [2.05, 4.69) is 196 Å². The van der Waals surface area contributed by atoms with Crippen molar-refractivity contribution in [2.45, 2.75) is 19.3 Å². The van der Waals surface area contributed by atoms with Crippen molar-refractivity contribution in [3.8, 4) is 44.5 Å². The zero-order chi connectivity index (χ0) is 37.1. The number of rotatable bonds is 3. The van der Waals surface area contributed by atoms with Crippen LogP contribution >= 0.6 is 11.3 Å². The second kappa shape index (κ2) is 11.7. The number of thiophene rings is 1. The summed E-state index contributed by atoms with van der Waals surface area (Å²) in [5.41, 5.74) is 13.2.